The molecule has 0 rings (SSSR count). The second-order valence-corrected chi connectivity index (χ2v) is 3.54. The van der Waals surface area contributed by atoms with Crippen molar-refractivity contribution in [1.82, 2.24) is 0 Å². The number of thiol groups is 1. The summed E-state index contributed by atoms with van der Waals surface area (Å²) in [5, 5.41) is 0. The molecule has 6 nitrogen and oxygen atoms in total. The van der Waals surface area contributed by atoms with Gasteiger partial charge >= 0.3 is 5.97 Å². The zero-order valence-electron chi connectivity index (χ0n) is 10.1. The van der Waals surface area contributed by atoms with E-state index in [-0.39, 0.29) is 12.4 Å². The minimum atomic E-state index is -0.671. The minimum absolute atomic E-state index is 0.193. The van der Waals surface area contributed by atoms with Crippen molar-refractivity contribution in [2.45, 2.75) is 6.04 Å². The molecule has 7 heteroatoms. The molecule has 0 aliphatic carbocycles. The molecule has 0 aromatic carbocycles. The molecule has 1 atom stereocenters. The summed E-state index contributed by atoms with van der Waals surface area (Å²) in [5.74, 6) is -0.188. The molecule has 0 aromatic rings. The highest BCUT2D eigenvalue weighted by molar-refractivity contribution is 7.80. The van der Waals surface area contributed by atoms with Gasteiger partial charge in [-0.15, -0.1) is 0 Å². The van der Waals surface area contributed by atoms with Gasteiger partial charge in [0.25, 0.3) is 0 Å². The lowest BCUT2D eigenvalue weighted by molar-refractivity contribution is -0.146. The number of carbonyl (C=O) groups is 1. The summed E-state index contributed by atoms with van der Waals surface area (Å²) in [6.07, 6.45) is 0. The Morgan fingerprint density at radius 2 is 1.65 bits per heavy atom. The van der Waals surface area contributed by atoms with Crippen LogP contribution >= 0.6 is 12.6 Å². The molecule has 0 saturated heterocycles. The minimum Gasteiger partial charge on any atom is -0.462 e. The Bertz CT molecular complexity index is 194. The Kier molecular flexibility index (Phi) is 11.9. The largest absolute Gasteiger partial charge is 0.462 e. The number of nitrogens with two attached hydrogens (primary N) is 1. The van der Waals surface area contributed by atoms with Crippen molar-refractivity contribution in [2.24, 2.45) is 5.73 Å². The van der Waals surface area contributed by atoms with Crippen molar-refractivity contribution < 1.29 is 23.7 Å². The van der Waals surface area contributed by atoms with E-state index in [2.05, 4.69) is 12.6 Å². The summed E-state index contributed by atoms with van der Waals surface area (Å²) in [5.41, 5.74) is 5.40. The summed E-state index contributed by atoms with van der Waals surface area (Å²) < 4.78 is 20.0. The molecule has 0 radical (unpaired) electrons. The van der Waals surface area contributed by atoms with Crippen LogP contribution in [0.25, 0.3) is 0 Å². The second kappa shape index (κ2) is 12.1. The van der Waals surface area contributed by atoms with Crippen LogP contribution < -0.4 is 5.73 Å². The topological polar surface area (TPSA) is 80.0 Å². The molecule has 0 unspecified atom stereocenters. The van der Waals surface area contributed by atoms with E-state index in [1.807, 2.05) is 0 Å². The predicted molar refractivity (Wildman–Crippen MR) is 66.3 cm³/mol. The molecule has 102 valence electrons. The highest BCUT2D eigenvalue weighted by Gasteiger charge is 2.11. The van der Waals surface area contributed by atoms with E-state index in [0.717, 1.165) is 0 Å². The quantitative estimate of drug-likeness (QED) is 0.297. The molecule has 0 fully saturated rings. The molecule has 17 heavy (non-hydrogen) atoms. The number of ether oxygens (including phenoxy) is 4. The molecule has 0 spiro atoms. The normalized spacial score (nSPS) is 12.4. The van der Waals surface area contributed by atoms with Gasteiger partial charge in [0, 0.05) is 12.9 Å². The summed E-state index contributed by atoms with van der Waals surface area (Å²) in [6.45, 7) is 2.59. The van der Waals surface area contributed by atoms with Crippen LogP contribution in [0, 0.1) is 0 Å². The van der Waals surface area contributed by atoms with Gasteiger partial charge in [-0.3, -0.25) is 4.79 Å². The number of rotatable bonds is 11. The Morgan fingerprint density at radius 1 is 1.12 bits per heavy atom. The van der Waals surface area contributed by atoms with E-state index in [4.69, 9.17) is 24.7 Å². The third-order valence-electron chi connectivity index (χ3n) is 1.78. The van der Waals surface area contributed by atoms with E-state index in [1.165, 1.54) is 0 Å². The zero-order valence-corrected chi connectivity index (χ0v) is 11.0. The lowest BCUT2D eigenvalue weighted by Crippen LogP contribution is -2.34. The summed E-state index contributed by atoms with van der Waals surface area (Å²) in [4.78, 5) is 11.1. The number of hydrogen-bond donors (Lipinski definition) is 2. The number of methoxy groups -OCH3 is 1. The summed E-state index contributed by atoms with van der Waals surface area (Å²) in [7, 11) is 1.61. The van der Waals surface area contributed by atoms with Crippen molar-refractivity contribution in [1.29, 1.82) is 0 Å². The van der Waals surface area contributed by atoms with Crippen LogP contribution in [-0.2, 0) is 23.7 Å². The number of hydrogen-bond acceptors (Lipinski definition) is 7. The Labute approximate surface area is 107 Å². The monoisotopic (exact) mass is 267 g/mol. The maximum Gasteiger partial charge on any atom is 0.323 e. The smallest absolute Gasteiger partial charge is 0.323 e. The lowest BCUT2D eigenvalue weighted by Gasteiger charge is -2.09. The average Bonchev–Trinajstić information content (AvgIpc) is 2.35. The highest BCUT2D eigenvalue weighted by Crippen LogP contribution is 1.89. The van der Waals surface area contributed by atoms with Gasteiger partial charge < -0.3 is 24.7 Å². The van der Waals surface area contributed by atoms with Crippen molar-refractivity contribution in [3.8, 4) is 0 Å². The van der Waals surface area contributed by atoms with Crippen molar-refractivity contribution in [3.63, 3.8) is 0 Å². The van der Waals surface area contributed by atoms with Crippen LogP contribution in [0.3, 0.4) is 0 Å². The first-order valence-electron chi connectivity index (χ1n) is 5.40. The molecule has 0 bridgehead atoms. The van der Waals surface area contributed by atoms with E-state index >= 15 is 0 Å². The first-order valence-corrected chi connectivity index (χ1v) is 6.03. The third kappa shape index (κ3) is 10.5. The van der Waals surface area contributed by atoms with Crippen molar-refractivity contribution >= 4 is 18.6 Å². The van der Waals surface area contributed by atoms with Crippen LogP contribution in [0.4, 0.5) is 0 Å². The van der Waals surface area contributed by atoms with E-state index in [0.29, 0.717) is 33.0 Å². The molecular formula is C10H21NO5S. The van der Waals surface area contributed by atoms with Gasteiger partial charge in [-0.25, -0.2) is 0 Å². The molecule has 2 N–H and O–H groups in total. The van der Waals surface area contributed by atoms with Crippen molar-refractivity contribution in [2.75, 3.05) is 52.5 Å². The van der Waals surface area contributed by atoms with E-state index in [1.54, 1.807) is 7.11 Å². The third-order valence-corrected chi connectivity index (χ3v) is 2.17. The Hall–Kier alpha value is -0.340. The molecule has 0 aromatic heterocycles. The maximum atomic E-state index is 11.1. The van der Waals surface area contributed by atoms with Crippen LogP contribution in [0.5, 0.6) is 0 Å². The predicted octanol–water partition coefficient (Wildman–Crippen LogP) is -0.534. The summed E-state index contributed by atoms with van der Waals surface area (Å²) >= 11 is 3.89. The standard InChI is InChI=1S/C10H21NO5S/c1-13-2-3-14-4-5-15-6-7-16-10(12)9(11)8-17/h9,17H,2-8,11H2,1H3/t9-/m1/s1. The molecule has 0 amide bonds. The number of carbonyl (C=O) groups excluding carboxylic acids is 1. The van der Waals surface area contributed by atoms with Crippen LogP contribution in [0.15, 0.2) is 0 Å². The van der Waals surface area contributed by atoms with Gasteiger partial charge in [-0.05, 0) is 0 Å². The molecule has 0 saturated carbocycles. The van der Waals surface area contributed by atoms with Gasteiger partial charge in [0.05, 0.1) is 33.0 Å². The SMILES string of the molecule is COCCOCCOCCOC(=O)[C@H](N)CS. The van der Waals surface area contributed by atoms with Crippen LogP contribution in [0.2, 0.25) is 0 Å². The first kappa shape index (κ1) is 16.7. The van der Waals surface area contributed by atoms with Crippen molar-refractivity contribution in [3.05, 3.63) is 0 Å². The molecule has 0 heterocycles. The highest BCUT2D eigenvalue weighted by atomic mass is 32.1. The van der Waals surface area contributed by atoms with Gasteiger partial charge in [0.2, 0.25) is 0 Å². The first-order chi connectivity index (χ1) is 8.22. The average molecular weight is 267 g/mol. The zero-order chi connectivity index (χ0) is 12.9. The summed E-state index contributed by atoms with van der Waals surface area (Å²) in [6, 6.07) is -0.671. The second-order valence-electron chi connectivity index (χ2n) is 3.17. The number of esters is 1. The maximum absolute atomic E-state index is 11.1. The fraction of sp³-hybridized carbons (Fsp3) is 0.900. The van der Waals surface area contributed by atoms with Crippen LogP contribution in [-0.4, -0.2) is 64.5 Å². The van der Waals surface area contributed by atoms with Gasteiger partial charge in [-0.2, -0.15) is 12.6 Å². The van der Waals surface area contributed by atoms with Crippen LogP contribution in [0.1, 0.15) is 0 Å². The molecule has 0 aliphatic heterocycles. The fourth-order valence-corrected chi connectivity index (χ4v) is 0.996. The molecular weight excluding hydrogens is 246 g/mol. The van der Waals surface area contributed by atoms with E-state index < -0.39 is 12.0 Å². The van der Waals surface area contributed by atoms with Gasteiger partial charge in [0.1, 0.15) is 12.6 Å². The Morgan fingerprint density at radius 3 is 2.18 bits per heavy atom. The fourth-order valence-electron chi connectivity index (χ4n) is 0.847. The molecule has 0 aliphatic rings. The van der Waals surface area contributed by atoms with Gasteiger partial charge in [-0.1, -0.05) is 0 Å². The van der Waals surface area contributed by atoms with Gasteiger partial charge in [0.15, 0.2) is 0 Å². The lowest BCUT2D eigenvalue weighted by atomic mass is 10.4. The Balaban J connectivity index is 3.16. The van der Waals surface area contributed by atoms with E-state index in [9.17, 15) is 4.79 Å².